The summed E-state index contributed by atoms with van der Waals surface area (Å²) >= 11 is 0. The number of hydrogen-bond acceptors (Lipinski definition) is 3. The summed E-state index contributed by atoms with van der Waals surface area (Å²) in [5, 5.41) is 9.67. The summed E-state index contributed by atoms with van der Waals surface area (Å²) in [5.41, 5.74) is 0. The first-order valence-electron chi connectivity index (χ1n) is 9.70. The molecule has 3 unspecified atom stereocenters. The minimum absolute atomic E-state index is 0.0577. The van der Waals surface area contributed by atoms with E-state index in [2.05, 4.69) is 20.9 Å². The van der Waals surface area contributed by atoms with Gasteiger partial charge in [-0.05, 0) is 45.2 Å². The number of guanidine groups is 1. The number of nitrogens with one attached hydrogen (secondary N) is 3. The first kappa shape index (κ1) is 21.4. The van der Waals surface area contributed by atoms with E-state index in [0.29, 0.717) is 18.3 Å². The summed E-state index contributed by atoms with van der Waals surface area (Å²) in [7, 11) is 0.707. The summed E-state index contributed by atoms with van der Waals surface area (Å²) in [6, 6.07) is 9.88. The normalized spacial score (nSPS) is 21.6. The van der Waals surface area contributed by atoms with Crippen LogP contribution in [0.1, 0.15) is 39.5 Å². The van der Waals surface area contributed by atoms with Crippen LogP contribution in [0.25, 0.3) is 0 Å². The van der Waals surface area contributed by atoms with E-state index in [1.807, 2.05) is 44.2 Å². The zero-order chi connectivity index (χ0) is 19.6. The zero-order valence-corrected chi connectivity index (χ0v) is 17.3. The molecular formula is C20H32N4O2S. The highest BCUT2D eigenvalue weighted by atomic mass is 32.2. The average Bonchev–Trinajstić information content (AvgIpc) is 2.67. The van der Waals surface area contributed by atoms with Crippen molar-refractivity contribution in [1.82, 2.24) is 16.0 Å². The molecule has 0 bridgehead atoms. The molecule has 0 radical (unpaired) electrons. The molecule has 1 fully saturated rings. The molecule has 0 spiro atoms. The van der Waals surface area contributed by atoms with Gasteiger partial charge < -0.3 is 16.0 Å². The Kier molecular flexibility index (Phi) is 8.78. The van der Waals surface area contributed by atoms with E-state index in [9.17, 15) is 9.00 Å². The van der Waals surface area contributed by atoms with Crippen LogP contribution in [0.4, 0.5) is 0 Å². The number of hydrogen-bond donors (Lipinski definition) is 3. The molecule has 7 heteroatoms. The lowest BCUT2D eigenvalue weighted by molar-refractivity contribution is -0.126. The molecule has 0 aliphatic heterocycles. The van der Waals surface area contributed by atoms with Crippen molar-refractivity contribution in [3.05, 3.63) is 30.3 Å². The smallest absolute Gasteiger partial charge is 0.223 e. The number of nitrogens with zero attached hydrogens (tertiary/aromatic N) is 1. The van der Waals surface area contributed by atoms with Crippen LogP contribution in [-0.4, -0.2) is 47.5 Å². The number of benzene rings is 1. The topological polar surface area (TPSA) is 82.6 Å². The van der Waals surface area contributed by atoms with Gasteiger partial charge in [-0.3, -0.25) is 14.0 Å². The highest BCUT2D eigenvalue weighted by Gasteiger charge is 2.27. The molecule has 1 aliphatic rings. The predicted octanol–water partition coefficient (Wildman–Crippen LogP) is 2.04. The van der Waals surface area contributed by atoms with Crippen molar-refractivity contribution in [2.75, 3.05) is 19.3 Å². The van der Waals surface area contributed by atoms with Gasteiger partial charge in [0.05, 0.1) is 10.8 Å². The van der Waals surface area contributed by atoms with Gasteiger partial charge in [0, 0.05) is 42.2 Å². The number of aliphatic imine (C=N–C) groups is 1. The van der Waals surface area contributed by atoms with Gasteiger partial charge in [0.1, 0.15) is 0 Å². The fourth-order valence-electron chi connectivity index (χ4n) is 3.30. The summed E-state index contributed by atoms with van der Waals surface area (Å²) in [4.78, 5) is 17.4. The van der Waals surface area contributed by atoms with Crippen molar-refractivity contribution in [2.24, 2.45) is 10.9 Å². The standard InChI is InChI=1S/C20H32N4O2S/c1-15(2)23-19(25)16-8-7-9-17(14-16)24-20(21-3)22-12-13-27(26)18-10-5-4-6-11-18/h4-6,10-11,15-17H,7-9,12-14H2,1-3H3,(H,23,25)(H2,21,22,24). The minimum Gasteiger partial charge on any atom is -0.355 e. The highest BCUT2D eigenvalue weighted by molar-refractivity contribution is 7.85. The zero-order valence-electron chi connectivity index (χ0n) is 16.5. The summed E-state index contributed by atoms with van der Waals surface area (Å²) < 4.78 is 12.3. The van der Waals surface area contributed by atoms with E-state index >= 15 is 0 Å². The Hall–Kier alpha value is -1.89. The monoisotopic (exact) mass is 392 g/mol. The summed E-state index contributed by atoms with van der Waals surface area (Å²) in [6.07, 6.45) is 3.82. The molecule has 3 atom stereocenters. The maximum absolute atomic E-state index is 12.3. The predicted molar refractivity (Wildman–Crippen MR) is 111 cm³/mol. The van der Waals surface area contributed by atoms with Crippen molar-refractivity contribution >= 4 is 22.7 Å². The van der Waals surface area contributed by atoms with Crippen LogP contribution in [-0.2, 0) is 15.6 Å². The van der Waals surface area contributed by atoms with Crippen molar-refractivity contribution in [3.63, 3.8) is 0 Å². The third-order valence-corrected chi connectivity index (χ3v) is 6.00. The third kappa shape index (κ3) is 7.33. The van der Waals surface area contributed by atoms with E-state index in [4.69, 9.17) is 0 Å². The fraction of sp³-hybridized carbons (Fsp3) is 0.600. The molecular weight excluding hydrogens is 360 g/mol. The Balaban J connectivity index is 1.77. The van der Waals surface area contributed by atoms with E-state index in [-0.39, 0.29) is 23.9 Å². The largest absolute Gasteiger partial charge is 0.355 e. The van der Waals surface area contributed by atoms with Gasteiger partial charge in [-0.15, -0.1) is 0 Å². The Morgan fingerprint density at radius 3 is 2.67 bits per heavy atom. The first-order chi connectivity index (χ1) is 13.0. The molecule has 1 amide bonds. The van der Waals surface area contributed by atoms with Crippen molar-refractivity contribution in [1.29, 1.82) is 0 Å². The van der Waals surface area contributed by atoms with Crippen LogP contribution < -0.4 is 16.0 Å². The van der Waals surface area contributed by atoms with Crippen LogP contribution in [0, 0.1) is 5.92 Å². The minimum atomic E-state index is -1.02. The van der Waals surface area contributed by atoms with Gasteiger partial charge in [0.2, 0.25) is 5.91 Å². The van der Waals surface area contributed by atoms with Crippen molar-refractivity contribution < 1.29 is 9.00 Å². The number of carbonyl (C=O) groups is 1. The molecule has 0 heterocycles. The van der Waals surface area contributed by atoms with Gasteiger partial charge in [0.15, 0.2) is 5.96 Å². The molecule has 0 aromatic heterocycles. The second kappa shape index (κ2) is 11.1. The lowest BCUT2D eigenvalue weighted by atomic mass is 9.85. The number of carbonyl (C=O) groups excluding carboxylic acids is 1. The van der Waals surface area contributed by atoms with Crippen LogP contribution >= 0.6 is 0 Å². The van der Waals surface area contributed by atoms with Crippen molar-refractivity contribution in [3.8, 4) is 0 Å². The summed E-state index contributed by atoms with van der Waals surface area (Å²) in [6.45, 7) is 4.55. The SMILES string of the molecule is CN=C(NCCS(=O)c1ccccc1)NC1CCCC(C(=O)NC(C)C)C1. The lowest BCUT2D eigenvalue weighted by Crippen LogP contribution is -2.48. The second-order valence-electron chi connectivity index (χ2n) is 7.23. The molecule has 1 aromatic rings. The quantitative estimate of drug-likeness (QED) is 0.490. The second-order valence-corrected chi connectivity index (χ2v) is 8.80. The third-order valence-electron chi connectivity index (χ3n) is 4.63. The highest BCUT2D eigenvalue weighted by Crippen LogP contribution is 2.24. The number of amides is 1. The molecule has 1 aliphatic carbocycles. The summed E-state index contributed by atoms with van der Waals surface area (Å²) in [5.74, 6) is 1.43. The van der Waals surface area contributed by atoms with Gasteiger partial charge in [-0.2, -0.15) is 0 Å². The molecule has 3 N–H and O–H groups in total. The molecule has 1 aromatic carbocycles. The average molecular weight is 393 g/mol. The van der Waals surface area contributed by atoms with Crippen LogP contribution in [0.5, 0.6) is 0 Å². The molecule has 6 nitrogen and oxygen atoms in total. The lowest BCUT2D eigenvalue weighted by Gasteiger charge is -2.30. The van der Waals surface area contributed by atoms with Crippen LogP contribution in [0.2, 0.25) is 0 Å². The van der Waals surface area contributed by atoms with Gasteiger partial charge in [-0.1, -0.05) is 24.6 Å². The molecule has 0 saturated heterocycles. The van der Waals surface area contributed by atoms with E-state index in [1.54, 1.807) is 7.05 Å². The van der Waals surface area contributed by atoms with E-state index < -0.39 is 10.8 Å². The van der Waals surface area contributed by atoms with Gasteiger partial charge in [-0.25, -0.2) is 0 Å². The molecule has 150 valence electrons. The van der Waals surface area contributed by atoms with E-state index in [0.717, 1.165) is 30.6 Å². The first-order valence-corrected chi connectivity index (χ1v) is 11.0. The Labute approximate surface area is 165 Å². The van der Waals surface area contributed by atoms with Crippen molar-refractivity contribution in [2.45, 2.75) is 56.5 Å². The molecule has 2 rings (SSSR count). The maximum Gasteiger partial charge on any atom is 0.223 e. The Morgan fingerprint density at radius 1 is 1.26 bits per heavy atom. The Bertz CT molecular complexity index is 649. The maximum atomic E-state index is 12.3. The van der Waals surface area contributed by atoms with Gasteiger partial charge >= 0.3 is 0 Å². The van der Waals surface area contributed by atoms with Gasteiger partial charge in [0.25, 0.3) is 0 Å². The Morgan fingerprint density at radius 2 is 2.00 bits per heavy atom. The fourth-order valence-corrected chi connectivity index (χ4v) is 4.29. The molecule has 1 saturated carbocycles. The van der Waals surface area contributed by atoms with Crippen LogP contribution in [0.3, 0.4) is 0 Å². The number of rotatable bonds is 7. The molecule has 27 heavy (non-hydrogen) atoms. The van der Waals surface area contributed by atoms with Crippen LogP contribution in [0.15, 0.2) is 40.2 Å². The van der Waals surface area contributed by atoms with E-state index in [1.165, 1.54) is 0 Å².